The molecule has 0 saturated carbocycles. The van der Waals surface area contributed by atoms with Gasteiger partial charge in [0.25, 0.3) is 11.8 Å². The van der Waals surface area contributed by atoms with E-state index < -0.39 is 0 Å². The number of rotatable bonds is 7. The highest BCUT2D eigenvalue weighted by Gasteiger charge is 2.15. The molecule has 3 rings (SSSR count). The Labute approximate surface area is 218 Å². The van der Waals surface area contributed by atoms with Gasteiger partial charge in [-0.3, -0.25) is 14.9 Å². The lowest BCUT2D eigenvalue weighted by Crippen LogP contribution is -2.34. The predicted molar refractivity (Wildman–Crippen MR) is 150 cm³/mol. The normalized spacial score (nSPS) is 11.1. The molecule has 0 unspecified atom stereocenters. The van der Waals surface area contributed by atoms with Gasteiger partial charge in [-0.25, -0.2) is 0 Å². The van der Waals surface area contributed by atoms with E-state index in [0.29, 0.717) is 40.8 Å². The van der Waals surface area contributed by atoms with Crippen LogP contribution in [0.25, 0.3) is 0 Å². The summed E-state index contributed by atoms with van der Waals surface area (Å²) in [4.78, 5) is 25.3. The summed E-state index contributed by atoms with van der Waals surface area (Å²) < 4.78 is 5.69. The van der Waals surface area contributed by atoms with Crippen LogP contribution < -0.4 is 20.7 Å². The summed E-state index contributed by atoms with van der Waals surface area (Å²) in [5, 5.41) is 8.72. The summed E-state index contributed by atoms with van der Waals surface area (Å²) in [5.41, 5.74) is 3.44. The van der Waals surface area contributed by atoms with Gasteiger partial charge in [0.2, 0.25) is 0 Å². The monoisotopic (exact) mass is 503 g/mol. The maximum absolute atomic E-state index is 12.7. The van der Waals surface area contributed by atoms with Crippen molar-refractivity contribution in [1.29, 1.82) is 0 Å². The number of carbonyl (C=O) groups excluding carboxylic acids is 2. The van der Waals surface area contributed by atoms with E-state index in [0.717, 1.165) is 5.56 Å². The molecule has 0 aliphatic carbocycles. The van der Waals surface area contributed by atoms with Crippen molar-refractivity contribution in [2.24, 2.45) is 5.92 Å². The van der Waals surface area contributed by atoms with Crippen molar-refractivity contribution < 1.29 is 14.3 Å². The molecule has 188 valence electrons. The molecular formula is C29H33N3O3S. The van der Waals surface area contributed by atoms with E-state index in [1.807, 2.05) is 30.3 Å². The van der Waals surface area contributed by atoms with Crippen LogP contribution in [0.4, 0.5) is 11.4 Å². The highest BCUT2D eigenvalue weighted by molar-refractivity contribution is 7.80. The van der Waals surface area contributed by atoms with Gasteiger partial charge in [0, 0.05) is 22.5 Å². The van der Waals surface area contributed by atoms with E-state index in [1.54, 1.807) is 42.5 Å². The van der Waals surface area contributed by atoms with Crippen LogP contribution in [0, 0.1) is 5.92 Å². The number of benzene rings is 3. The molecule has 0 atom stereocenters. The van der Waals surface area contributed by atoms with Gasteiger partial charge in [-0.1, -0.05) is 58.9 Å². The van der Waals surface area contributed by atoms with Gasteiger partial charge in [-0.15, -0.1) is 0 Å². The first-order valence-corrected chi connectivity index (χ1v) is 12.3. The molecule has 0 aliphatic heterocycles. The second kappa shape index (κ2) is 11.8. The van der Waals surface area contributed by atoms with Crippen molar-refractivity contribution in [3.05, 3.63) is 89.5 Å². The number of ether oxygens (including phenoxy) is 1. The second-order valence-electron chi connectivity index (χ2n) is 10.0. The van der Waals surface area contributed by atoms with E-state index in [2.05, 4.69) is 50.6 Å². The third-order valence-corrected chi connectivity index (χ3v) is 5.50. The van der Waals surface area contributed by atoms with Crippen molar-refractivity contribution >= 4 is 40.5 Å². The third kappa shape index (κ3) is 7.92. The largest absolute Gasteiger partial charge is 0.493 e. The van der Waals surface area contributed by atoms with E-state index in [4.69, 9.17) is 17.0 Å². The molecular weight excluding hydrogens is 470 g/mol. The molecule has 0 aromatic heterocycles. The minimum Gasteiger partial charge on any atom is -0.493 e. The zero-order valence-electron chi connectivity index (χ0n) is 21.3. The smallest absolute Gasteiger partial charge is 0.257 e. The standard InChI is InChI=1S/C29H33N3O3S/c1-19(2)18-35-25-11-6-8-21(16-25)27(34)32-28(36)31-24-10-7-9-23(17-24)30-26(33)20-12-14-22(15-13-20)29(3,4)5/h6-17,19H,18H2,1-5H3,(H,30,33)(H2,31,32,34,36). The van der Waals surface area contributed by atoms with E-state index in [-0.39, 0.29) is 22.3 Å². The number of carbonyl (C=O) groups is 2. The summed E-state index contributed by atoms with van der Waals surface area (Å²) in [6, 6.07) is 21.7. The maximum atomic E-state index is 12.7. The van der Waals surface area contributed by atoms with Crippen molar-refractivity contribution in [1.82, 2.24) is 5.32 Å². The first-order valence-electron chi connectivity index (χ1n) is 11.9. The number of thiocarbonyl (C=S) groups is 1. The van der Waals surface area contributed by atoms with Crippen molar-refractivity contribution in [2.75, 3.05) is 17.2 Å². The lowest BCUT2D eigenvalue weighted by atomic mass is 9.87. The molecule has 0 bridgehead atoms. The Balaban J connectivity index is 1.58. The van der Waals surface area contributed by atoms with Gasteiger partial charge in [-0.2, -0.15) is 0 Å². The zero-order valence-corrected chi connectivity index (χ0v) is 22.2. The molecule has 0 saturated heterocycles. The number of hydrogen-bond donors (Lipinski definition) is 3. The van der Waals surface area contributed by atoms with Crippen LogP contribution in [0.1, 0.15) is 60.9 Å². The van der Waals surface area contributed by atoms with E-state index >= 15 is 0 Å². The first kappa shape index (κ1) is 26.9. The number of nitrogens with one attached hydrogen (secondary N) is 3. The molecule has 36 heavy (non-hydrogen) atoms. The quantitative estimate of drug-likeness (QED) is 0.325. The van der Waals surface area contributed by atoms with Crippen molar-refractivity contribution in [3.8, 4) is 5.75 Å². The van der Waals surface area contributed by atoms with Crippen LogP contribution >= 0.6 is 12.2 Å². The fourth-order valence-electron chi connectivity index (χ4n) is 3.33. The van der Waals surface area contributed by atoms with Gasteiger partial charge < -0.3 is 15.4 Å². The minimum atomic E-state index is -0.342. The van der Waals surface area contributed by atoms with Crippen LogP contribution in [0.5, 0.6) is 5.75 Å². The maximum Gasteiger partial charge on any atom is 0.257 e. The number of anilines is 2. The van der Waals surface area contributed by atoms with Crippen LogP contribution in [0.15, 0.2) is 72.8 Å². The molecule has 3 N–H and O–H groups in total. The highest BCUT2D eigenvalue weighted by Crippen LogP contribution is 2.23. The second-order valence-corrected chi connectivity index (χ2v) is 10.4. The Morgan fingerprint density at radius 2 is 1.47 bits per heavy atom. The van der Waals surface area contributed by atoms with Crippen LogP contribution in [0.2, 0.25) is 0 Å². The molecule has 0 heterocycles. The molecule has 3 aromatic rings. The summed E-state index contributed by atoms with van der Waals surface area (Å²) in [6.07, 6.45) is 0. The predicted octanol–water partition coefficient (Wildman–Crippen LogP) is 6.40. The molecule has 2 amide bonds. The van der Waals surface area contributed by atoms with Crippen LogP contribution in [-0.4, -0.2) is 23.5 Å². The van der Waals surface area contributed by atoms with Gasteiger partial charge in [0.1, 0.15) is 5.75 Å². The molecule has 6 nitrogen and oxygen atoms in total. The summed E-state index contributed by atoms with van der Waals surface area (Å²) in [7, 11) is 0. The fourth-order valence-corrected chi connectivity index (χ4v) is 3.54. The molecule has 0 radical (unpaired) electrons. The molecule has 0 spiro atoms. The Bertz CT molecular complexity index is 1230. The van der Waals surface area contributed by atoms with E-state index in [9.17, 15) is 9.59 Å². The lowest BCUT2D eigenvalue weighted by molar-refractivity contribution is 0.0976. The Morgan fingerprint density at radius 3 is 2.11 bits per heavy atom. The topological polar surface area (TPSA) is 79.5 Å². The van der Waals surface area contributed by atoms with Crippen molar-refractivity contribution in [3.63, 3.8) is 0 Å². The molecule has 3 aromatic carbocycles. The van der Waals surface area contributed by atoms with Crippen molar-refractivity contribution in [2.45, 2.75) is 40.0 Å². The average molecular weight is 504 g/mol. The highest BCUT2D eigenvalue weighted by atomic mass is 32.1. The van der Waals surface area contributed by atoms with Gasteiger partial charge in [0.15, 0.2) is 5.11 Å². The average Bonchev–Trinajstić information content (AvgIpc) is 2.82. The molecule has 0 fully saturated rings. The first-order chi connectivity index (χ1) is 17.0. The van der Waals surface area contributed by atoms with Gasteiger partial charge in [-0.05, 0) is 77.6 Å². The number of amides is 2. The Morgan fingerprint density at radius 1 is 0.833 bits per heavy atom. The number of hydrogen-bond acceptors (Lipinski definition) is 4. The summed E-state index contributed by atoms with van der Waals surface area (Å²) >= 11 is 5.32. The molecule has 0 aliphatic rings. The van der Waals surface area contributed by atoms with Gasteiger partial charge >= 0.3 is 0 Å². The summed E-state index contributed by atoms with van der Waals surface area (Å²) in [6.45, 7) is 11.1. The van der Waals surface area contributed by atoms with Crippen LogP contribution in [0.3, 0.4) is 0 Å². The van der Waals surface area contributed by atoms with E-state index in [1.165, 1.54) is 0 Å². The fraction of sp³-hybridized carbons (Fsp3) is 0.276. The minimum absolute atomic E-state index is 0.0210. The summed E-state index contributed by atoms with van der Waals surface area (Å²) in [5.74, 6) is 0.467. The van der Waals surface area contributed by atoms with Gasteiger partial charge in [0.05, 0.1) is 6.61 Å². The lowest BCUT2D eigenvalue weighted by Gasteiger charge is -2.19. The van der Waals surface area contributed by atoms with Crippen LogP contribution in [-0.2, 0) is 5.41 Å². The Hall–Kier alpha value is -3.71. The molecule has 7 heteroatoms. The SMILES string of the molecule is CC(C)COc1cccc(C(=O)NC(=S)Nc2cccc(NC(=O)c3ccc(C(C)(C)C)cc3)c2)c1. The zero-order chi connectivity index (χ0) is 26.3. The third-order valence-electron chi connectivity index (χ3n) is 5.30. The Kier molecular flexibility index (Phi) is 8.83.